The molecule has 0 spiro atoms. The number of hydrogen-bond donors (Lipinski definition) is 0. The number of para-hydroxylation sites is 3. The number of nitrogens with zero attached hydrogens (tertiary/aromatic N) is 5. The van der Waals surface area contributed by atoms with Crippen LogP contribution in [0.15, 0.2) is 164 Å². The van der Waals surface area contributed by atoms with Crippen LogP contribution in [0, 0.1) is 0 Å². The summed E-state index contributed by atoms with van der Waals surface area (Å²) in [6.07, 6.45) is 0. The summed E-state index contributed by atoms with van der Waals surface area (Å²) >= 11 is 1.01. The lowest BCUT2D eigenvalue weighted by molar-refractivity contribution is 0.953. The molecule has 7 aromatic carbocycles. The quantitative estimate of drug-likeness (QED) is 0.186. The Morgan fingerprint density at radius 2 is 1.04 bits per heavy atom. The molecule has 5 nitrogen and oxygen atoms in total. The van der Waals surface area contributed by atoms with E-state index in [2.05, 4.69) is 47.0 Å². The summed E-state index contributed by atoms with van der Waals surface area (Å²) in [5.74, 6) is 0.588. The fourth-order valence-electron chi connectivity index (χ4n) is 7.26. The van der Waals surface area contributed by atoms with Crippen LogP contribution in [0.2, 0.25) is 0 Å². The molecule has 0 fully saturated rings. The maximum atomic E-state index is 9.55. The Labute approximate surface area is 306 Å². The van der Waals surface area contributed by atoms with E-state index in [0.717, 1.165) is 60.6 Å². The van der Waals surface area contributed by atoms with Gasteiger partial charge in [-0.1, -0.05) is 127 Å². The van der Waals surface area contributed by atoms with Crippen LogP contribution in [0.4, 0.5) is 0 Å². The smallest absolute Gasteiger partial charge is 0.238 e. The summed E-state index contributed by atoms with van der Waals surface area (Å²) in [5, 5.41) is 4.36. The first-order valence-corrected chi connectivity index (χ1v) is 17.3. The molecule has 0 bridgehead atoms. The van der Waals surface area contributed by atoms with Gasteiger partial charge >= 0.3 is 0 Å². The second kappa shape index (κ2) is 10.9. The number of benzene rings is 7. The molecule has 11 aromatic rings. The van der Waals surface area contributed by atoms with Gasteiger partial charge in [-0.3, -0.25) is 4.57 Å². The standard InChI is InChI=1S/C45H27N5S/c1-3-13-28(14-4-1)43-46-44(29-23-24-34-33-19-9-12-22-39(33)51-40(34)27-29)48-45(47-43)50-38-21-11-8-18-32(38)36-26-25-35-31-17-7-10-20-37(31)49(41(35)42(36)50)30-15-5-2-6-16-30/h1-27H/i9D,12D,19D,22D,23D,24D,27D. The van der Waals surface area contributed by atoms with Crippen LogP contribution in [-0.4, -0.2) is 24.1 Å². The second-order valence-electron chi connectivity index (χ2n) is 12.3. The highest BCUT2D eigenvalue weighted by Gasteiger charge is 2.23. The van der Waals surface area contributed by atoms with Crippen LogP contribution in [0.3, 0.4) is 0 Å². The van der Waals surface area contributed by atoms with Gasteiger partial charge in [0, 0.05) is 58.5 Å². The lowest BCUT2D eigenvalue weighted by atomic mass is 10.1. The molecule has 4 heterocycles. The molecule has 0 amide bonds. The average molecular weight is 677 g/mol. The summed E-state index contributed by atoms with van der Waals surface area (Å²) < 4.78 is 66.8. The summed E-state index contributed by atoms with van der Waals surface area (Å²) in [6, 6.07) is 38.2. The van der Waals surface area contributed by atoms with E-state index >= 15 is 0 Å². The van der Waals surface area contributed by atoms with E-state index < -0.39 is 12.1 Å². The van der Waals surface area contributed by atoms with Gasteiger partial charge in [0.15, 0.2) is 11.6 Å². The number of fused-ring (bicyclic) bond motifs is 10. The normalized spacial score (nSPS) is 13.8. The molecule has 0 atom stereocenters. The van der Waals surface area contributed by atoms with Crippen molar-refractivity contribution in [2.24, 2.45) is 0 Å². The Hall–Kier alpha value is -6.63. The molecule has 0 saturated heterocycles. The predicted molar refractivity (Wildman–Crippen MR) is 212 cm³/mol. The monoisotopic (exact) mass is 676 g/mol. The summed E-state index contributed by atoms with van der Waals surface area (Å²) in [6.45, 7) is 0. The number of thiophene rings is 1. The zero-order valence-electron chi connectivity index (χ0n) is 33.7. The van der Waals surface area contributed by atoms with Crippen LogP contribution in [0.25, 0.3) is 98.2 Å². The number of aromatic nitrogens is 5. The predicted octanol–water partition coefficient (Wildman–Crippen LogP) is 11.8. The first kappa shape index (κ1) is 22.2. The van der Waals surface area contributed by atoms with Gasteiger partial charge in [0.25, 0.3) is 0 Å². The third-order valence-corrected chi connectivity index (χ3v) is 10.5. The van der Waals surface area contributed by atoms with Crippen LogP contribution < -0.4 is 0 Å². The third-order valence-electron chi connectivity index (χ3n) is 9.45. The minimum absolute atomic E-state index is 0.00413. The molecule has 6 heteroatoms. The van der Waals surface area contributed by atoms with Crippen molar-refractivity contribution in [3.8, 4) is 34.4 Å². The lowest BCUT2D eigenvalue weighted by Gasteiger charge is -2.13. The Kier molecular flexibility index (Phi) is 4.75. The Morgan fingerprint density at radius 3 is 1.78 bits per heavy atom. The topological polar surface area (TPSA) is 48.5 Å². The Bertz CT molecular complexity index is 3540. The van der Waals surface area contributed by atoms with Crippen LogP contribution in [0.5, 0.6) is 0 Å². The minimum atomic E-state index is -0.431. The zero-order chi connectivity index (χ0) is 39.6. The van der Waals surface area contributed by atoms with E-state index in [-0.39, 0.29) is 67.7 Å². The maximum absolute atomic E-state index is 9.55. The largest absolute Gasteiger partial charge is 0.307 e. The molecule has 0 aliphatic heterocycles. The molecule has 4 aromatic heterocycles. The van der Waals surface area contributed by atoms with Gasteiger partial charge < -0.3 is 4.57 Å². The molecule has 0 unspecified atom stereocenters. The SMILES string of the molecule is [2H]c1c([2H])c([2H])c2c(sc3c([2H])c(-c4nc(-c5ccccc5)nc(-n5c6ccccc6c6ccc7c8ccccc8n(-c8ccccc8)c7c65)n4)c([2H])c([2H])c32)c1[2H]. The molecular formula is C45H27N5S. The molecule has 238 valence electrons. The minimum Gasteiger partial charge on any atom is -0.307 e. The van der Waals surface area contributed by atoms with Gasteiger partial charge in [-0.15, -0.1) is 11.3 Å². The van der Waals surface area contributed by atoms with Crippen molar-refractivity contribution < 1.29 is 9.60 Å². The molecule has 0 aliphatic rings. The van der Waals surface area contributed by atoms with Crippen molar-refractivity contribution >= 4 is 75.1 Å². The van der Waals surface area contributed by atoms with Crippen molar-refractivity contribution in [1.29, 1.82) is 0 Å². The number of rotatable bonds is 4. The van der Waals surface area contributed by atoms with Crippen LogP contribution >= 0.6 is 11.3 Å². The van der Waals surface area contributed by atoms with Gasteiger partial charge in [-0.2, -0.15) is 9.97 Å². The van der Waals surface area contributed by atoms with Gasteiger partial charge in [0.05, 0.1) is 31.7 Å². The second-order valence-corrected chi connectivity index (χ2v) is 13.3. The first-order chi connectivity index (χ1) is 28.2. The van der Waals surface area contributed by atoms with Crippen molar-refractivity contribution in [2.45, 2.75) is 0 Å². The summed E-state index contributed by atoms with van der Waals surface area (Å²) in [5.41, 5.74) is 5.36. The van der Waals surface area contributed by atoms with E-state index in [0.29, 0.717) is 11.4 Å². The molecule has 11 rings (SSSR count). The van der Waals surface area contributed by atoms with E-state index in [1.165, 1.54) is 0 Å². The molecule has 0 saturated carbocycles. The molecular weight excluding hydrogens is 643 g/mol. The fourth-order valence-corrected chi connectivity index (χ4v) is 8.23. The van der Waals surface area contributed by atoms with Crippen molar-refractivity contribution in [3.05, 3.63) is 164 Å². The van der Waals surface area contributed by atoms with Crippen LogP contribution in [-0.2, 0) is 0 Å². The Balaban J connectivity index is 1.29. The lowest BCUT2D eigenvalue weighted by Crippen LogP contribution is -2.07. The van der Waals surface area contributed by atoms with E-state index in [1.807, 2.05) is 83.4 Å². The summed E-state index contributed by atoms with van der Waals surface area (Å²) in [7, 11) is 0. The van der Waals surface area contributed by atoms with Crippen LogP contribution in [0.1, 0.15) is 9.60 Å². The van der Waals surface area contributed by atoms with Gasteiger partial charge in [-0.05, 0) is 36.4 Å². The van der Waals surface area contributed by atoms with E-state index in [4.69, 9.17) is 20.4 Å². The highest BCUT2D eigenvalue weighted by Crippen LogP contribution is 2.42. The molecule has 0 N–H and O–H groups in total. The van der Waals surface area contributed by atoms with Gasteiger partial charge in [0.1, 0.15) is 0 Å². The zero-order valence-corrected chi connectivity index (χ0v) is 27.5. The average Bonchev–Trinajstić information content (AvgIpc) is 3.94. The Morgan fingerprint density at radius 1 is 0.451 bits per heavy atom. The molecule has 0 radical (unpaired) electrons. The van der Waals surface area contributed by atoms with Crippen molar-refractivity contribution in [1.82, 2.24) is 24.1 Å². The van der Waals surface area contributed by atoms with Crippen molar-refractivity contribution in [2.75, 3.05) is 0 Å². The number of hydrogen-bond acceptors (Lipinski definition) is 4. The van der Waals surface area contributed by atoms with Gasteiger partial charge in [-0.25, -0.2) is 4.98 Å². The highest BCUT2D eigenvalue weighted by molar-refractivity contribution is 7.25. The van der Waals surface area contributed by atoms with Crippen molar-refractivity contribution in [3.63, 3.8) is 0 Å². The van der Waals surface area contributed by atoms with E-state index in [9.17, 15) is 4.11 Å². The summed E-state index contributed by atoms with van der Waals surface area (Å²) in [4.78, 5) is 15.1. The highest BCUT2D eigenvalue weighted by atomic mass is 32.1. The molecule has 51 heavy (non-hydrogen) atoms. The third kappa shape index (κ3) is 4.24. The molecule has 0 aliphatic carbocycles. The maximum Gasteiger partial charge on any atom is 0.238 e. The van der Waals surface area contributed by atoms with E-state index in [1.54, 1.807) is 0 Å². The first-order valence-electron chi connectivity index (χ1n) is 20.0. The van der Waals surface area contributed by atoms with Gasteiger partial charge in [0.2, 0.25) is 5.95 Å². The fraction of sp³-hybridized carbons (Fsp3) is 0.